The number of hydrogen-bond donors (Lipinski definition) is 2. The minimum Gasteiger partial charge on any atom is -0.356 e. The molecule has 5 heterocycles. The molecule has 2 N–H and O–H groups in total. The van der Waals surface area contributed by atoms with E-state index >= 15 is 0 Å². The Bertz CT molecular complexity index is 2650. The Morgan fingerprint density at radius 2 is 1.59 bits per heavy atom. The van der Waals surface area contributed by atoms with Crippen LogP contribution in [0.15, 0.2) is 77.1 Å². The Hall–Kier alpha value is -5.10. The van der Waals surface area contributed by atoms with E-state index in [1.165, 1.54) is 53.8 Å². The van der Waals surface area contributed by atoms with Gasteiger partial charge in [0.15, 0.2) is 5.82 Å². The molecular weight excluding hydrogens is 794 g/mol. The van der Waals surface area contributed by atoms with E-state index in [2.05, 4.69) is 106 Å². The molecule has 8 rings (SSSR count). The zero-order chi connectivity index (χ0) is 41.6. The van der Waals surface area contributed by atoms with Crippen LogP contribution in [0.3, 0.4) is 0 Å². The van der Waals surface area contributed by atoms with Gasteiger partial charge in [-0.05, 0) is 111 Å². The van der Waals surface area contributed by atoms with E-state index in [-0.39, 0.29) is 11.8 Å². The lowest BCUT2D eigenvalue weighted by Crippen LogP contribution is -2.22. The first kappa shape index (κ1) is 42.0. The quantitative estimate of drug-likeness (QED) is 0.113. The van der Waals surface area contributed by atoms with E-state index in [0.29, 0.717) is 19.5 Å². The third-order valence-corrected chi connectivity index (χ3v) is 13.4. The highest BCUT2D eigenvalue weighted by molar-refractivity contribution is 7.15. The molecule has 0 radical (unpaired) electrons. The monoisotopic (exact) mass is 845 g/mol. The number of unbranched alkanes of at least 4 members (excludes halogenated alkanes) is 4. The van der Waals surface area contributed by atoms with Crippen LogP contribution in [0.1, 0.15) is 96.7 Å². The van der Waals surface area contributed by atoms with Crippen molar-refractivity contribution in [3.63, 3.8) is 0 Å². The van der Waals surface area contributed by atoms with Gasteiger partial charge >= 0.3 is 0 Å². The molecule has 9 nitrogen and oxygen atoms in total. The maximum Gasteiger partial charge on any atom is 0.220 e. The maximum atomic E-state index is 12.4. The van der Waals surface area contributed by atoms with Crippen molar-refractivity contribution in [2.45, 2.75) is 99.7 Å². The predicted octanol–water partition coefficient (Wildman–Crippen LogP) is 11.2. The number of carbonyl (C=O) groups excluding carboxylic acids is 2. The number of aryl methyl sites for hydroxylation is 4. The first-order valence-electron chi connectivity index (χ1n) is 20.5. The molecule has 4 aromatic heterocycles. The van der Waals surface area contributed by atoms with Gasteiger partial charge in [0, 0.05) is 80.7 Å². The molecule has 0 bridgehead atoms. The van der Waals surface area contributed by atoms with Crippen LogP contribution in [0.5, 0.6) is 0 Å². The van der Waals surface area contributed by atoms with Crippen LogP contribution in [0.25, 0.3) is 37.2 Å². The highest BCUT2D eigenvalue weighted by atomic mass is 35.5. The lowest BCUT2D eigenvalue weighted by molar-refractivity contribution is -0.121. The second kappa shape index (κ2) is 18.9. The van der Waals surface area contributed by atoms with Gasteiger partial charge in [-0.2, -0.15) is 0 Å². The van der Waals surface area contributed by atoms with Gasteiger partial charge < -0.3 is 15.2 Å². The predicted molar refractivity (Wildman–Crippen MR) is 246 cm³/mol. The lowest BCUT2D eigenvalue weighted by Gasteiger charge is -2.09. The number of nitrogens with one attached hydrogen (secondary N) is 2. The molecule has 0 atom stereocenters. The number of aliphatic imine (C=N–C) groups is 1. The second-order valence-corrected chi connectivity index (χ2v) is 17.8. The number of halogens is 1. The Balaban J connectivity index is 0.000000196. The number of rotatable bonds is 13. The van der Waals surface area contributed by atoms with Crippen molar-refractivity contribution in [1.29, 1.82) is 0 Å². The zero-order valence-corrected chi connectivity index (χ0v) is 37.1. The summed E-state index contributed by atoms with van der Waals surface area (Å²) < 4.78 is 4.51. The first-order chi connectivity index (χ1) is 28.5. The summed E-state index contributed by atoms with van der Waals surface area (Å²) in [5.41, 5.74) is 10.7. The molecule has 0 saturated heterocycles. The lowest BCUT2D eigenvalue weighted by atomic mass is 10.00. The van der Waals surface area contributed by atoms with Crippen molar-refractivity contribution in [2.24, 2.45) is 4.99 Å². The fourth-order valence-corrected chi connectivity index (χ4v) is 9.97. The molecule has 306 valence electrons. The molecule has 3 aromatic carbocycles. The third kappa shape index (κ3) is 9.53. The summed E-state index contributed by atoms with van der Waals surface area (Å²) in [7, 11) is 0. The molecule has 0 fully saturated rings. The number of carbonyl (C=O) groups is 2. The van der Waals surface area contributed by atoms with Crippen molar-refractivity contribution in [3.8, 4) is 15.4 Å². The summed E-state index contributed by atoms with van der Waals surface area (Å²) >= 11 is 9.60. The largest absolute Gasteiger partial charge is 0.356 e. The first-order valence-corrected chi connectivity index (χ1v) is 22.5. The fraction of sp³-hybridized carbons (Fsp3) is 0.340. The second-order valence-electron chi connectivity index (χ2n) is 15.2. The minimum absolute atomic E-state index is 0.0280. The van der Waals surface area contributed by atoms with E-state index in [1.54, 1.807) is 29.6 Å². The van der Waals surface area contributed by atoms with Crippen LogP contribution in [0.2, 0.25) is 5.02 Å². The van der Waals surface area contributed by atoms with E-state index in [9.17, 15) is 9.59 Å². The van der Waals surface area contributed by atoms with Gasteiger partial charge in [-0.1, -0.05) is 61.2 Å². The molecular formula is C47H52ClN7O2S2. The minimum atomic E-state index is 0.0280. The standard InChI is InChI=1S/C30H37N3O2S.C17H15ClN4S/c1-4-33-27-14-11-23(19-32-30(35)10-8-6-5-7-9-15-31-22(3)34)17-26(27)25-13-12-24(18-28(25)33)29-16-21(2)20-36-29;1-9-10(2)23-17-15(9)16(12-4-6-13(18)7-5-12)19-8-14-21-20-11(3)22(14)17/h11-14,16-18,20H,4-10,15,19H2,1-3H3,(H,31,34)(H,32,35);4-7H,8H2,1-3H3. The van der Waals surface area contributed by atoms with Crippen LogP contribution in [0.4, 0.5) is 0 Å². The van der Waals surface area contributed by atoms with Crippen molar-refractivity contribution in [2.75, 3.05) is 6.54 Å². The molecule has 0 saturated carbocycles. The van der Waals surface area contributed by atoms with Crippen LogP contribution < -0.4 is 10.6 Å². The molecule has 12 heteroatoms. The van der Waals surface area contributed by atoms with Crippen molar-refractivity contribution in [3.05, 3.63) is 121 Å². The normalized spacial score (nSPS) is 12.1. The van der Waals surface area contributed by atoms with Crippen molar-refractivity contribution >= 4 is 73.6 Å². The molecule has 0 unspecified atom stereocenters. The zero-order valence-electron chi connectivity index (χ0n) is 34.7. The topological polar surface area (TPSA) is 106 Å². The molecule has 1 aliphatic heterocycles. The van der Waals surface area contributed by atoms with Crippen LogP contribution in [-0.4, -0.2) is 43.4 Å². The number of thiophene rings is 2. The highest BCUT2D eigenvalue weighted by Crippen LogP contribution is 2.37. The average Bonchev–Trinajstić information content (AvgIpc) is 3.96. The number of hydrogen-bond acceptors (Lipinski definition) is 7. The Labute approximate surface area is 359 Å². The Morgan fingerprint density at radius 1 is 0.831 bits per heavy atom. The average molecular weight is 847 g/mol. The van der Waals surface area contributed by atoms with E-state index in [0.717, 1.165) is 83.7 Å². The maximum absolute atomic E-state index is 12.4. The molecule has 0 spiro atoms. The molecule has 1 aliphatic rings. The molecule has 2 amide bonds. The fourth-order valence-electron chi connectivity index (χ4n) is 7.72. The Morgan fingerprint density at radius 3 is 2.34 bits per heavy atom. The van der Waals surface area contributed by atoms with Crippen molar-refractivity contribution in [1.82, 2.24) is 30.0 Å². The summed E-state index contributed by atoms with van der Waals surface area (Å²) in [5.74, 6) is 1.92. The Kier molecular flexibility index (Phi) is 13.4. The van der Waals surface area contributed by atoms with Crippen LogP contribution >= 0.6 is 34.3 Å². The SMILES string of the molecule is CCn1c2ccc(CNC(=O)CCCCCCCNC(C)=O)cc2c2ccc(-c3cc(C)cs3)cc21.Cc1sc2c(c1C)C(c1ccc(Cl)cc1)=NCc1nnc(C)n1-2. The third-order valence-electron chi connectivity index (χ3n) is 10.9. The number of amides is 2. The van der Waals surface area contributed by atoms with Gasteiger partial charge in [-0.15, -0.1) is 32.9 Å². The number of benzene rings is 3. The summed E-state index contributed by atoms with van der Waals surface area (Å²) in [6.07, 6.45) is 5.69. The van der Waals surface area contributed by atoms with Gasteiger partial charge in [-0.25, -0.2) is 0 Å². The number of aromatic nitrogens is 4. The molecule has 59 heavy (non-hydrogen) atoms. The summed E-state index contributed by atoms with van der Waals surface area (Å²) in [6.45, 7) is 14.9. The molecule has 0 aliphatic carbocycles. The van der Waals surface area contributed by atoms with Gasteiger partial charge in [0.2, 0.25) is 11.8 Å². The van der Waals surface area contributed by atoms with Crippen molar-refractivity contribution < 1.29 is 9.59 Å². The number of fused-ring (bicyclic) bond motifs is 6. The van der Waals surface area contributed by atoms with E-state index in [1.807, 2.05) is 31.2 Å². The summed E-state index contributed by atoms with van der Waals surface area (Å²) in [5, 5.41) is 21.0. The van der Waals surface area contributed by atoms with Gasteiger partial charge in [0.05, 0.1) is 5.71 Å². The van der Waals surface area contributed by atoms with Crippen LogP contribution in [-0.2, 0) is 29.2 Å². The smallest absolute Gasteiger partial charge is 0.220 e. The number of nitrogens with zero attached hydrogens (tertiary/aromatic N) is 5. The van der Waals surface area contributed by atoms with E-state index < -0.39 is 0 Å². The van der Waals surface area contributed by atoms with Crippen LogP contribution in [0, 0.1) is 27.7 Å². The summed E-state index contributed by atoms with van der Waals surface area (Å²) in [4.78, 5) is 30.7. The van der Waals surface area contributed by atoms with Gasteiger partial charge in [-0.3, -0.25) is 19.1 Å². The molecule has 7 aromatic rings. The van der Waals surface area contributed by atoms with Gasteiger partial charge in [0.1, 0.15) is 17.4 Å². The summed E-state index contributed by atoms with van der Waals surface area (Å²) in [6, 6.07) is 23.4. The highest BCUT2D eigenvalue weighted by Gasteiger charge is 2.26. The van der Waals surface area contributed by atoms with Gasteiger partial charge in [0.25, 0.3) is 0 Å². The van der Waals surface area contributed by atoms with E-state index in [4.69, 9.17) is 16.6 Å².